The topological polar surface area (TPSA) is 59.7 Å². The van der Waals surface area contributed by atoms with Crippen molar-refractivity contribution in [3.63, 3.8) is 0 Å². The first-order chi connectivity index (χ1) is 9.59. The van der Waals surface area contributed by atoms with Gasteiger partial charge in [-0.3, -0.25) is 0 Å². The molecule has 1 N–H and O–H groups in total. The number of carbonyl (C=O) groups excluding carboxylic acids is 1. The summed E-state index contributed by atoms with van der Waals surface area (Å²) >= 11 is 0. The van der Waals surface area contributed by atoms with Gasteiger partial charge in [-0.1, -0.05) is 6.58 Å². The lowest BCUT2D eigenvalue weighted by Gasteiger charge is -2.10. The Bertz CT molecular complexity index is 395. The second-order valence-corrected chi connectivity index (χ2v) is 5.04. The number of esters is 1. The lowest BCUT2D eigenvalue weighted by Crippen LogP contribution is -2.09. The number of hydrogen-bond donors (Lipinski definition) is 1. The van der Waals surface area contributed by atoms with Gasteiger partial charge in [-0.25, -0.2) is 4.79 Å². The van der Waals surface area contributed by atoms with Crippen LogP contribution in [0, 0.1) is 0 Å². The molecule has 0 bridgehead atoms. The Hall–Kier alpha value is -1.55. The standard InChI is InChI=1S/C16H24O4/c1-13(2)16(18)20-11-4-3-7-14(17)8-5-9-15-10-6-12-19-15/h6,10,12,14,17H,1,3-5,7-9,11H2,2H3. The minimum Gasteiger partial charge on any atom is -0.469 e. The summed E-state index contributed by atoms with van der Waals surface area (Å²) in [7, 11) is 0. The predicted octanol–water partition coefficient (Wildman–Crippen LogP) is 3.25. The van der Waals surface area contributed by atoms with Crippen LogP contribution >= 0.6 is 0 Å². The van der Waals surface area contributed by atoms with Crippen molar-refractivity contribution >= 4 is 5.97 Å². The maximum absolute atomic E-state index is 11.1. The van der Waals surface area contributed by atoms with Crippen molar-refractivity contribution in [3.05, 3.63) is 36.3 Å². The largest absolute Gasteiger partial charge is 0.469 e. The molecule has 1 aromatic heterocycles. The quantitative estimate of drug-likeness (QED) is 0.406. The molecule has 4 nitrogen and oxygen atoms in total. The van der Waals surface area contributed by atoms with Gasteiger partial charge in [0.1, 0.15) is 5.76 Å². The lowest BCUT2D eigenvalue weighted by atomic mass is 10.1. The van der Waals surface area contributed by atoms with Crippen LogP contribution in [0.2, 0.25) is 0 Å². The molecule has 1 atom stereocenters. The second-order valence-electron chi connectivity index (χ2n) is 5.04. The van der Waals surface area contributed by atoms with E-state index in [0.717, 1.165) is 44.3 Å². The molecule has 0 aliphatic carbocycles. The van der Waals surface area contributed by atoms with Gasteiger partial charge in [-0.2, -0.15) is 0 Å². The van der Waals surface area contributed by atoms with Crippen molar-refractivity contribution in [2.45, 2.75) is 51.6 Å². The first-order valence-electron chi connectivity index (χ1n) is 7.12. The minimum atomic E-state index is -0.344. The molecule has 1 rings (SSSR count). The van der Waals surface area contributed by atoms with Crippen molar-refractivity contribution in [2.24, 2.45) is 0 Å². The van der Waals surface area contributed by atoms with Gasteiger partial charge in [0, 0.05) is 12.0 Å². The fraction of sp³-hybridized carbons (Fsp3) is 0.562. The highest BCUT2D eigenvalue weighted by Crippen LogP contribution is 2.11. The van der Waals surface area contributed by atoms with Gasteiger partial charge < -0.3 is 14.3 Å². The fourth-order valence-corrected chi connectivity index (χ4v) is 1.88. The van der Waals surface area contributed by atoms with E-state index in [1.165, 1.54) is 0 Å². The minimum absolute atomic E-state index is 0.290. The Morgan fingerprint density at radius 1 is 1.40 bits per heavy atom. The third kappa shape index (κ3) is 7.14. The van der Waals surface area contributed by atoms with E-state index in [-0.39, 0.29) is 12.1 Å². The predicted molar refractivity (Wildman–Crippen MR) is 77.3 cm³/mol. The van der Waals surface area contributed by atoms with Crippen molar-refractivity contribution in [3.8, 4) is 0 Å². The molecule has 0 fully saturated rings. The summed E-state index contributed by atoms with van der Waals surface area (Å²) in [6.45, 7) is 5.54. The smallest absolute Gasteiger partial charge is 0.333 e. The first kappa shape index (κ1) is 16.5. The summed E-state index contributed by atoms with van der Waals surface area (Å²) < 4.78 is 10.2. The zero-order valence-corrected chi connectivity index (χ0v) is 12.1. The third-order valence-electron chi connectivity index (χ3n) is 3.05. The van der Waals surface area contributed by atoms with Crippen molar-refractivity contribution in [2.75, 3.05) is 6.61 Å². The Morgan fingerprint density at radius 3 is 2.80 bits per heavy atom. The van der Waals surface area contributed by atoms with Crippen LogP contribution in [0.5, 0.6) is 0 Å². The molecule has 0 amide bonds. The maximum Gasteiger partial charge on any atom is 0.333 e. The van der Waals surface area contributed by atoms with Gasteiger partial charge in [0.2, 0.25) is 0 Å². The number of rotatable bonds is 10. The SMILES string of the molecule is C=C(C)C(=O)OCCCCC(O)CCCc1ccco1. The Labute approximate surface area is 120 Å². The van der Waals surface area contributed by atoms with Crippen LogP contribution in [0.3, 0.4) is 0 Å². The molecular weight excluding hydrogens is 256 g/mol. The van der Waals surface area contributed by atoms with E-state index >= 15 is 0 Å². The molecular formula is C16H24O4. The van der Waals surface area contributed by atoms with E-state index in [4.69, 9.17) is 9.15 Å². The number of hydrogen-bond acceptors (Lipinski definition) is 4. The monoisotopic (exact) mass is 280 g/mol. The van der Waals surface area contributed by atoms with Crippen LogP contribution in [0.25, 0.3) is 0 Å². The molecule has 112 valence electrons. The number of aryl methyl sites for hydroxylation is 1. The van der Waals surface area contributed by atoms with E-state index < -0.39 is 0 Å². The molecule has 20 heavy (non-hydrogen) atoms. The van der Waals surface area contributed by atoms with Gasteiger partial charge in [-0.15, -0.1) is 0 Å². The Balaban J connectivity index is 1.96. The van der Waals surface area contributed by atoms with Gasteiger partial charge in [0.15, 0.2) is 0 Å². The summed E-state index contributed by atoms with van der Waals surface area (Å²) in [6.07, 6.45) is 6.29. The van der Waals surface area contributed by atoms with E-state index in [2.05, 4.69) is 6.58 Å². The molecule has 0 aromatic carbocycles. The summed E-state index contributed by atoms with van der Waals surface area (Å²) in [6, 6.07) is 3.82. The molecule has 0 saturated heterocycles. The Morgan fingerprint density at radius 2 is 2.15 bits per heavy atom. The van der Waals surface area contributed by atoms with Crippen molar-refractivity contribution < 1.29 is 19.1 Å². The van der Waals surface area contributed by atoms with Crippen LogP contribution in [0.15, 0.2) is 35.0 Å². The van der Waals surface area contributed by atoms with E-state index in [0.29, 0.717) is 12.2 Å². The number of aliphatic hydroxyl groups excluding tert-OH is 1. The molecule has 1 unspecified atom stereocenters. The van der Waals surface area contributed by atoms with Gasteiger partial charge in [0.05, 0.1) is 19.0 Å². The van der Waals surface area contributed by atoms with Crippen LogP contribution < -0.4 is 0 Å². The molecule has 1 aromatic rings. The molecule has 1 heterocycles. The van der Waals surface area contributed by atoms with Gasteiger partial charge in [-0.05, 0) is 51.2 Å². The fourth-order valence-electron chi connectivity index (χ4n) is 1.88. The van der Waals surface area contributed by atoms with Crippen molar-refractivity contribution in [1.82, 2.24) is 0 Å². The molecule has 0 aliphatic heterocycles. The molecule has 0 aliphatic rings. The third-order valence-corrected chi connectivity index (χ3v) is 3.05. The summed E-state index contributed by atoms with van der Waals surface area (Å²) in [5, 5.41) is 9.82. The molecule has 0 spiro atoms. The highest BCUT2D eigenvalue weighted by molar-refractivity contribution is 5.86. The van der Waals surface area contributed by atoms with Crippen molar-refractivity contribution in [1.29, 1.82) is 0 Å². The number of furan rings is 1. The summed E-state index contributed by atoms with van der Waals surface area (Å²) in [5.41, 5.74) is 0.419. The summed E-state index contributed by atoms with van der Waals surface area (Å²) in [5.74, 6) is 0.618. The molecule has 0 saturated carbocycles. The second kappa shape index (κ2) is 9.37. The average molecular weight is 280 g/mol. The van der Waals surface area contributed by atoms with Crippen LogP contribution in [-0.2, 0) is 16.0 Å². The normalized spacial score (nSPS) is 12.1. The van der Waals surface area contributed by atoms with Gasteiger partial charge in [0.25, 0.3) is 0 Å². The maximum atomic E-state index is 11.1. The average Bonchev–Trinajstić information content (AvgIpc) is 2.91. The summed E-state index contributed by atoms with van der Waals surface area (Å²) in [4.78, 5) is 11.1. The van der Waals surface area contributed by atoms with Crippen LogP contribution in [0.4, 0.5) is 0 Å². The number of unbranched alkanes of at least 4 members (excludes halogenated alkanes) is 1. The van der Waals surface area contributed by atoms with Gasteiger partial charge >= 0.3 is 5.97 Å². The van der Waals surface area contributed by atoms with Crippen LogP contribution in [-0.4, -0.2) is 23.8 Å². The molecule has 4 heteroatoms. The van der Waals surface area contributed by atoms with E-state index in [1.54, 1.807) is 13.2 Å². The van der Waals surface area contributed by atoms with E-state index in [9.17, 15) is 9.90 Å². The highest BCUT2D eigenvalue weighted by Gasteiger charge is 2.06. The first-order valence-corrected chi connectivity index (χ1v) is 7.12. The van der Waals surface area contributed by atoms with Crippen LogP contribution in [0.1, 0.15) is 44.8 Å². The number of ether oxygens (including phenoxy) is 1. The Kier molecular flexibility index (Phi) is 7.73. The van der Waals surface area contributed by atoms with E-state index in [1.807, 2.05) is 12.1 Å². The number of carbonyl (C=O) groups is 1. The molecule has 0 radical (unpaired) electrons. The highest BCUT2D eigenvalue weighted by atomic mass is 16.5. The lowest BCUT2D eigenvalue weighted by molar-refractivity contribution is -0.139. The number of aliphatic hydroxyl groups is 1. The zero-order chi connectivity index (χ0) is 14.8. The zero-order valence-electron chi connectivity index (χ0n) is 12.1.